The lowest BCUT2D eigenvalue weighted by atomic mass is 10.1. The Hall–Kier alpha value is -2.44. The second-order valence-electron chi connectivity index (χ2n) is 7.29. The van der Waals surface area contributed by atoms with Crippen LogP contribution in [0.25, 0.3) is 0 Å². The molecule has 31 heavy (non-hydrogen) atoms. The van der Waals surface area contributed by atoms with Crippen LogP contribution in [-0.2, 0) is 11.0 Å². The molecule has 1 atom stereocenters. The third-order valence-electron chi connectivity index (χ3n) is 4.81. The van der Waals surface area contributed by atoms with Gasteiger partial charge in [-0.2, -0.15) is 31.6 Å². The third-order valence-corrected chi connectivity index (χ3v) is 4.81. The zero-order valence-electron chi connectivity index (χ0n) is 17.8. The Balaban J connectivity index is 3.39. The first-order valence-corrected chi connectivity index (χ1v) is 10.1. The van der Waals surface area contributed by atoms with Crippen molar-refractivity contribution in [3.63, 3.8) is 0 Å². The van der Waals surface area contributed by atoms with Crippen molar-refractivity contribution in [2.45, 2.75) is 64.8 Å². The highest BCUT2D eigenvalue weighted by atomic mass is 19.4. The average Bonchev–Trinajstić information content (AvgIpc) is 2.69. The molecule has 0 heterocycles. The number of unbranched alkanes of at least 4 members (excludes halogenated alkanes) is 2. The molecule has 1 amide bonds. The van der Waals surface area contributed by atoms with E-state index < -0.39 is 47.7 Å². The molecule has 174 valence electrons. The van der Waals surface area contributed by atoms with E-state index in [1.807, 2.05) is 13.8 Å². The summed E-state index contributed by atoms with van der Waals surface area (Å²) in [4.78, 5) is 15.1. The number of hydrogen-bond acceptors (Lipinski definition) is 3. The maximum absolute atomic E-state index is 13.3. The van der Waals surface area contributed by atoms with Gasteiger partial charge in [0, 0.05) is 18.8 Å². The SMILES string of the molecule is CCCCN(CCCC)C(=O)[C@H](C)N(CC(F)(F)F)c1ccc(C#N)c(C(F)(F)F)c1. The molecule has 0 N–H and O–H groups in total. The Morgan fingerprint density at radius 2 is 1.61 bits per heavy atom. The lowest BCUT2D eigenvalue weighted by molar-refractivity contribution is -0.137. The molecule has 0 saturated heterocycles. The van der Waals surface area contributed by atoms with Gasteiger partial charge in [-0.3, -0.25) is 4.79 Å². The van der Waals surface area contributed by atoms with Gasteiger partial charge >= 0.3 is 12.4 Å². The molecule has 0 radical (unpaired) electrons. The van der Waals surface area contributed by atoms with E-state index in [4.69, 9.17) is 5.26 Å². The van der Waals surface area contributed by atoms with Gasteiger partial charge < -0.3 is 9.80 Å². The van der Waals surface area contributed by atoms with E-state index in [-0.39, 0.29) is 0 Å². The number of nitrogens with zero attached hydrogens (tertiary/aromatic N) is 3. The molecule has 1 aromatic rings. The van der Waals surface area contributed by atoms with Crippen molar-refractivity contribution in [3.05, 3.63) is 29.3 Å². The van der Waals surface area contributed by atoms with Crippen molar-refractivity contribution in [1.82, 2.24) is 4.90 Å². The molecule has 0 aliphatic heterocycles. The standard InChI is InChI=1S/C21H27F6N3O/c1-4-6-10-29(11-7-5-2)19(31)15(3)30(14-20(22,23)24)17-9-8-16(13-28)18(12-17)21(25,26)27/h8-9,12,15H,4-7,10-11,14H2,1-3H3/t15-/m0/s1. The van der Waals surface area contributed by atoms with Crippen LogP contribution in [0.1, 0.15) is 57.6 Å². The topological polar surface area (TPSA) is 47.3 Å². The monoisotopic (exact) mass is 451 g/mol. The highest BCUT2D eigenvalue weighted by molar-refractivity contribution is 5.85. The second kappa shape index (κ2) is 11.3. The lowest BCUT2D eigenvalue weighted by Crippen LogP contribution is -2.50. The minimum Gasteiger partial charge on any atom is -0.351 e. The fourth-order valence-corrected chi connectivity index (χ4v) is 3.12. The van der Waals surface area contributed by atoms with Gasteiger partial charge in [-0.15, -0.1) is 0 Å². The summed E-state index contributed by atoms with van der Waals surface area (Å²) in [7, 11) is 0. The Bertz CT molecular complexity index is 762. The number of amides is 1. The van der Waals surface area contributed by atoms with E-state index in [0.717, 1.165) is 25.0 Å². The summed E-state index contributed by atoms with van der Waals surface area (Å²) in [6.07, 6.45) is -6.79. The van der Waals surface area contributed by atoms with E-state index >= 15 is 0 Å². The van der Waals surface area contributed by atoms with Crippen LogP contribution in [0, 0.1) is 11.3 Å². The first-order chi connectivity index (χ1) is 14.4. The molecule has 0 aliphatic carbocycles. The highest BCUT2D eigenvalue weighted by Crippen LogP contribution is 2.35. The smallest absolute Gasteiger partial charge is 0.351 e. The van der Waals surface area contributed by atoms with Gasteiger partial charge in [0.2, 0.25) is 5.91 Å². The summed E-state index contributed by atoms with van der Waals surface area (Å²) in [5.41, 5.74) is -2.46. The average molecular weight is 451 g/mol. The Morgan fingerprint density at radius 3 is 2.03 bits per heavy atom. The summed E-state index contributed by atoms with van der Waals surface area (Å²) < 4.78 is 79.7. The molecule has 1 rings (SSSR count). The molecule has 4 nitrogen and oxygen atoms in total. The number of halogens is 6. The first kappa shape index (κ1) is 26.6. The Morgan fingerprint density at radius 1 is 1.06 bits per heavy atom. The quantitative estimate of drug-likeness (QED) is 0.425. The molecule has 0 saturated carbocycles. The van der Waals surface area contributed by atoms with Crippen LogP contribution in [-0.4, -0.2) is 42.7 Å². The largest absolute Gasteiger partial charge is 0.417 e. The Labute approximate surface area is 178 Å². The molecule has 0 aliphatic rings. The molecule has 0 spiro atoms. The maximum atomic E-state index is 13.3. The highest BCUT2D eigenvalue weighted by Gasteiger charge is 2.38. The van der Waals surface area contributed by atoms with Gasteiger partial charge in [0.25, 0.3) is 0 Å². The number of hydrogen-bond donors (Lipinski definition) is 0. The summed E-state index contributed by atoms with van der Waals surface area (Å²) in [5.74, 6) is -0.580. The van der Waals surface area contributed by atoms with Crippen molar-refractivity contribution in [2.75, 3.05) is 24.5 Å². The minimum atomic E-state index is -4.92. The van der Waals surface area contributed by atoms with Crippen molar-refractivity contribution in [3.8, 4) is 6.07 Å². The molecular weight excluding hydrogens is 424 g/mol. The van der Waals surface area contributed by atoms with Gasteiger partial charge in [0.15, 0.2) is 0 Å². The molecule has 0 fully saturated rings. The van der Waals surface area contributed by atoms with Crippen molar-refractivity contribution in [1.29, 1.82) is 5.26 Å². The molecule has 0 unspecified atom stereocenters. The number of nitriles is 1. The summed E-state index contributed by atoms with van der Waals surface area (Å²) >= 11 is 0. The summed E-state index contributed by atoms with van der Waals surface area (Å²) in [6, 6.07) is 2.38. The first-order valence-electron chi connectivity index (χ1n) is 10.1. The van der Waals surface area contributed by atoms with Crippen LogP contribution in [0.4, 0.5) is 32.0 Å². The van der Waals surface area contributed by atoms with Crippen LogP contribution < -0.4 is 4.90 Å². The van der Waals surface area contributed by atoms with Crippen molar-refractivity contribution in [2.24, 2.45) is 0 Å². The predicted molar refractivity (Wildman–Crippen MR) is 105 cm³/mol. The van der Waals surface area contributed by atoms with Crippen molar-refractivity contribution >= 4 is 11.6 Å². The van der Waals surface area contributed by atoms with Crippen LogP contribution >= 0.6 is 0 Å². The molecule has 1 aromatic carbocycles. The van der Waals surface area contributed by atoms with E-state index in [1.165, 1.54) is 17.9 Å². The van der Waals surface area contributed by atoms with E-state index in [0.29, 0.717) is 36.9 Å². The zero-order chi connectivity index (χ0) is 23.8. The van der Waals surface area contributed by atoms with E-state index in [9.17, 15) is 31.1 Å². The molecular formula is C21H27F6N3O. The summed E-state index contributed by atoms with van der Waals surface area (Å²) in [5, 5.41) is 8.93. The van der Waals surface area contributed by atoms with E-state index in [1.54, 1.807) is 0 Å². The fourth-order valence-electron chi connectivity index (χ4n) is 3.12. The van der Waals surface area contributed by atoms with Gasteiger partial charge in [0.1, 0.15) is 12.6 Å². The van der Waals surface area contributed by atoms with Gasteiger partial charge in [-0.1, -0.05) is 26.7 Å². The molecule has 0 bridgehead atoms. The van der Waals surface area contributed by atoms with Gasteiger partial charge in [-0.25, -0.2) is 0 Å². The number of benzene rings is 1. The lowest BCUT2D eigenvalue weighted by Gasteiger charge is -2.35. The summed E-state index contributed by atoms with van der Waals surface area (Å²) in [6.45, 7) is 4.21. The van der Waals surface area contributed by atoms with Crippen LogP contribution in [0.2, 0.25) is 0 Å². The van der Waals surface area contributed by atoms with Crippen molar-refractivity contribution < 1.29 is 31.1 Å². The zero-order valence-corrected chi connectivity index (χ0v) is 17.8. The van der Waals surface area contributed by atoms with Crippen LogP contribution in [0.3, 0.4) is 0 Å². The third kappa shape index (κ3) is 7.96. The molecule has 10 heteroatoms. The van der Waals surface area contributed by atoms with Gasteiger partial charge in [0.05, 0.1) is 17.2 Å². The number of anilines is 1. The number of carbonyl (C=O) groups is 1. The number of alkyl halides is 6. The predicted octanol–water partition coefficient (Wildman–Crippen LogP) is 5.76. The van der Waals surface area contributed by atoms with E-state index in [2.05, 4.69) is 0 Å². The normalized spacial score (nSPS) is 12.9. The second-order valence-corrected chi connectivity index (χ2v) is 7.29. The minimum absolute atomic E-state index is 0.362. The van der Waals surface area contributed by atoms with Crippen LogP contribution in [0.15, 0.2) is 18.2 Å². The van der Waals surface area contributed by atoms with Crippen LogP contribution in [0.5, 0.6) is 0 Å². The molecule has 0 aromatic heterocycles. The van der Waals surface area contributed by atoms with Gasteiger partial charge in [-0.05, 0) is 38.0 Å². The fraction of sp³-hybridized carbons (Fsp3) is 0.619. The number of rotatable bonds is 10. The maximum Gasteiger partial charge on any atom is 0.417 e. The number of carbonyl (C=O) groups excluding carboxylic acids is 1. The Kier molecular flexibility index (Phi) is 9.66.